The fourth-order valence-corrected chi connectivity index (χ4v) is 4.22. The van der Waals surface area contributed by atoms with Gasteiger partial charge in [0.25, 0.3) is 0 Å². The van der Waals surface area contributed by atoms with Gasteiger partial charge in [0.15, 0.2) is 5.96 Å². The lowest BCUT2D eigenvalue weighted by atomic mass is 10.0. The summed E-state index contributed by atoms with van der Waals surface area (Å²) in [6, 6.07) is 8.79. The van der Waals surface area contributed by atoms with Gasteiger partial charge >= 0.3 is 0 Å². The molecule has 2 heterocycles. The summed E-state index contributed by atoms with van der Waals surface area (Å²) in [5.41, 5.74) is 2.84. The molecule has 6 nitrogen and oxygen atoms in total. The highest BCUT2D eigenvalue weighted by Gasteiger charge is 2.28. The molecule has 2 aliphatic heterocycles. The number of ether oxygens (including phenoxy) is 1. The highest BCUT2D eigenvalue weighted by atomic mass is 127. The number of nitrogens with one attached hydrogen (secondary N) is 2. The van der Waals surface area contributed by atoms with E-state index < -0.39 is 0 Å². The van der Waals surface area contributed by atoms with Gasteiger partial charge in [-0.15, -0.1) is 24.0 Å². The maximum atomic E-state index is 5.49. The molecular weight excluding hydrogens is 489 g/mol. The number of rotatable bonds is 7. The highest BCUT2D eigenvalue weighted by molar-refractivity contribution is 14.0. The van der Waals surface area contributed by atoms with E-state index in [1.807, 2.05) is 7.05 Å². The highest BCUT2D eigenvalue weighted by Crippen LogP contribution is 2.17. The Kier molecular flexibility index (Phi) is 10.8. The van der Waals surface area contributed by atoms with Crippen LogP contribution in [0.1, 0.15) is 44.2 Å². The van der Waals surface area contributed by atoms with Crippen molar-refractivity contribution in [3.8, 4) is 0 Å². The van der Waals surface area contributed by atoms with E-state index in [2.05, 4.69) is 63.5 Å². The molecule has 0 spiro atoms. The Bertz CT molecular complexity index is 655. The number of halogens is 1. The van der Waals surface area contributed by atoms with Crippen molar-refractivity contribution in [2.24, 2.45) is 4.99 Å². The van der Waals surface area contributed by atoms with Crippen LogP contribution in [0.5, 0.6) is 0 Å². The quantitative estimate of drug-likeness (QED) is 0.323. The van der Waals surface area contributed by atoms with Gasteiger partial charge in [-0.1, -0.05) is 30.7 Å². The number of likely N-dealkylation sites (tertiary alicyclic amines) is 1. The minimum Gasteiger partial charge on any atom is -0.379 e. The topological polar surface area (TPSA) is 52.1 Å². The predicted molar refractivity (Wildman–Crippen MR) is 136 cm³/mol. The molecule has 0 radical (unpaired) electrons. The average molecular weight is 530 g/mol. The molecule has 2 N–H and O–H groups in total. The van der Waals surface area contributed by atoms with E-state index in [1.165, 1.54) is 43.5 Å². The number of hydrogen-bond donors (Lipinski definition) is 2. The number of guanidine groups is 1. The van der Waals surface area contributed by atoms with E-state index in [9.17, 15) is 0 Å². The summed E-state index contributed by atoms with van der Waals surface area (Å²) in [6.45, 7) is 13.3. The van der Waals surface area contributed by atoms with Gasteiger partial charge in [-0.3, -0.25) is 14.8 Å². The van der Waals surface area contributed by atoms with E-state index in [1.54, 1.807) is 0 Å². The molecular formula is C23H40IN5O. The third-order valence-electron chi connectivity index (χ3n) is 6.19. The van der Waals surface area contributed by atoms with Crippen molar-refractivity contribution in [1.82, 2.24) is 20.4 Å². The molecule has 2 aliphatic rings. The van der Waals surface area contributed by atoms with E-state index in [-0.39, 0.29) is 29.5 Å². The lowest BCUT2D eigenvalue weighted by molar-refractivity contribution is -0.00834. The molecule has 3 rings (SSSR count). The van der Waals surface area contributed by atoms with Gasteiger partial charge in [-0.05, 0) is 50.9 Å². The van der Waals surface area contributed by atoms with Crippen LogP contribution in [0.4, 0.5) is 0 Å². The molecule has 1 aromatic rings. The first kappa shape index (κ1) is 25.4. The minimum absolute atomic E-state index is 0. The van der Waals surface area contributed by atoms with Gasteiger partial charge in [-0.2, -0.15) is 0 Å². The number of benzene rings is 1. The zero-order chi connectivity index (χ0) is 20.5. The molecule has 1 aromatic carbocycles. The summed E-state index contributed by atoms with van der Waals surface area (Å²) >= 11 is 0. The van der Waals surface area contributed by atoms with Gasteiger partial charge in [0.05, 0.1) is 13.2 Å². The summed E-state index contributed by atoms with van der Waals surface area (Å²) in [4.78, 5) is 9.51. The molecule has 0 amide bonds. The van der Waals surface area contributed by atoms with Crippen molar-refractivity contribution in [3.05, 3.63) is 35.4 Å². The smallest absolute Gasteiger partial charge is 0.191 e. The van der Waals surface area contributed by atoms with Gasteiger partial charge in [0.1, 0.15) is 0 Å². The second-order valence-electron chi connectivity index (χ2n) is 8.80. The fraction of sp³-hybridized carbons (Fsp3) is 0.696. The summed E-state index contributed by atoms with van der Waals surface area (Å²) in [6.07, 6.45) is 4.04. The van der Waals surface area contributed by atoms with Gasteiger partial charge in [0, 0.05) is 45.3 Å². The van der Waals surface area contributed by atoms with E-state index in [4.69, 9.17) is 4.74 Å². The van der Waals surface area contributed by atoms with E-state index in [0.717, 1.165) is 51.9 Å². The molecule has 2 fully saturated rings. The minimum atomic E-state index is 0. The van der Waals surface area contributed by atoms with Crippen LogP contribution in [0.2, 0.25) is 0 Å². The van der Waals surface area contributed by atoms with Crippen LogP contribution in [0.25, 0.3) is 0 Å². The molecule has 0 bridgehead atoms. The van der Waals surface area contributed by atoms with Crippen LogP contribution in [0.15, 0.2) is 29.3 Å². The molecule has 7 heteroatoms. The molecule has 2 saturated heterocycles. The van der Waals surface area contributed by atoms with Crippen LogP contribution >= 0.6 is 24.0 Å². The summed E-state index contributed by atoms with van der Waals surface area (Å²) in [5, 5.41) is 7.04. The van der Waals surface area contributed by atoms with Crippen LogP contribution < -0.4 is 10.6 Å². The number of morpholine rings is 1. The van der Waals surface area contributed by atoms with Crippen LogP contribution in [-0.4, -0.2) is 74.3 Å². The molecule has 0 aliphatic carbocycles. The standard InChI is InChI=1S/C23H39N5O.HI/c1-23(2,28-13-15-29-16-14-28)19-26-22(24-3)25-17-20-9-5-6-10-21(20)18-27-11-7-4-8-12-27;/h5-6,9-10H,4,7-8,11-19H2,1-3H3,(H2,24,25,26);1H. The third kappa shape index (κ3) is 7.66. The SMILES string of the molecule is CN=C(NCc1ccccc1CN1CCCCC1)NCC(C)(C)N1CCOCC1.I. The van der Waals surface area contributed by atoms with Crippen molar-refractivity contribution < 1.29 is 4.74 Å². The van der Waals surface area contributed by atoms with Gasteiger partial charge in [-0.25, -0.2) is 0 Å². The Morgan fingerprint density at radius 3 is 2.33 bits per heavy atom. The van der Waals surface area contributed by atoms with Crippen LogP contribution in [0, 0.1) is 0 Å². The Balaban J connectivity index is 0.00000320. The zero-order valence-corrected chi connectivity index (χ0v) is 21.3. The molecule has 0 aromatic heterocycles. The molecule has 0 saturated carbocycles. The number of nitrogens with zero attached hydrogens (tertiary/aromatic N) is 3. The Hall–Kier alpha value is -0.900. The fourth-order valence-electron chi connectivity index (χ4n) is 4.22. The largest absolute Gasteiger partial charge is 0.379 e. The molecule has 0 atom stereocenters. The van der Waals surface area contributed by atoms with Crippen molar-refractivity contribution >= 4 is 29.9 Å². The number of hydrogen-bond acceptors (Lipinski definition) is 4. The van der Waals surface area contributed by atoms with Crippen molar-refractivity contribution in [3.63, 3.8) is 0 Å². The Morgan fingerprint density at radius 2 is 1.67 bits per heavy atom. The normalized spacial score (nSPS) is 19.2. The number of aliphatic imine (C=N–C) groups is 1. The number of piperidine rings is 1. The Labute approximate surface area is 199 Å². The average Bonchev–Trinajstić information content (AvgIpc) is 2.76. The first-order valence-electron chi connectivity index (χ1n) is 11.1. The van der Waals surface area contributed by atoms with E-state index >= 15 is 0 Å². The molecule has 0 unspecified atom stereocenters. The lowest BCUT2D eigenvalue weighted by Gasteiger charge is -2.41. The van der Waals surface area contributed by atoms with Gasteiger partial charge in [0.2, 0.25) is 0 Å². The summed E-state index contributed by atoms with van der Waals surface area (Å²) < 4.78 is 5.49. The van der Waals surface area contributed by atoms with Crippen molar-refractivity contribution in [2.45, 2.75) is 51.7 Å². The van der Waals surface area contributed by atoms with Crippen molar-refractivity contribution in [2.75, 3.05) is 53.0 Å². The second-order valence-corrected chi connectivity index (χ2v) is 8.80. The zero-order valence-electron chi connectivity index (χ0n) is 19.0. The lowest BCUT2D eigenvalue weighted by Crippen LogP contribution is -2.56. The summed E-state index contributed by atoms with van der Waals surface area (Å²) in [7, 11) is 1.84. The summed E-state index contributed by atoms with van der Waals surface area (Å²) in [5.74, 6) is 0.860. The molecule has 30 heavy (non-hydrogen) atoms. The maximum absolute atomic E-state index is 5.49. The molecule has 170 valence electrons. The monoisotopic (exact) mass is 529 g/mol. The van der Waals surface area contributed by atoms with Gasteiger partial charge < -0.3 is 15.4 Å². The maximum Gasteiger partial charge on any atom is 0.191 e. The predicted octanol–water partition coefficient (Wildman–Crippen LogP) is 3.07. The third-order valence-corrected chi connectivity index (χ3v) is 6.19. The van der Waals surface area contributed by atoms with Crippen molar-refractivity contribution in [1.29, 1.82) is 0 Å². The van der Waals surface area contributed by atoms with Crippen LogP contribution in [-0.2, 0) is 17.8 Å². The Morgan fingerprint density at radius 1 is 1.00 bits per heavy atom. The van der Waals surface area contributed by atoms with E-state index in [0.29, 0.717) is 0 Å². The van der Waals surface area contributed by atoms with Crippen LogP contribution in [0.3, 0.4) is 0 Å². The second kappa shape index (κ2) is 12.8. The first-order chi connectivity index (χ1) is 14.1. The first-order valence-corrected chi connectivity index (χ1v) is 11.1.